The van der Waals surface area contributed by atoms with E-state index in [0.717, 1.165) is 10.2 Å². The van der Waals surface area contributed by atoms with E-state index in [1.807, 2.05) is 19.1 Å². The Morgan fingerprint density at radius 3 is 2.75 bits per heavy atom. The standard InChI is InChI=1S/C19H17F3N4O2/c1-11-5-2-3-6-12(11)24-18(27)14-10-17-23-13(15-7-4-8-28-15)9-16(19(20,21)22)26(17)25-14/h2-8,10,13,16,23H,9H2,1H3,(H,24,27). The van der Waals surface area contributed by atoms with Gasteiger partial charge in [0, 0.05) is 18.2 Å². The number of hydrogen-bond donors (Lipinski definition) is 2. The first kappa shape index (κ1) is 18.1. The maximum atomic E-state index is 13.6. The Morgan fingerprint density at radius 1 is 1.29 bits per heavy atom. The molecule has 2 aromatic heterocycles. The summed E-state index contributed by atoms with van der Waals surface area (Å²) in [6.45, 7) is 1.82. The topological polar surface area (TPSA) is 72.1 Å². The molecule has 6 nitrogen and oxygen atoms in total. The largest absolute Gasteiger partial charge is 0.467 e. The summed E-state index contributed by atoms with van der Waals surface area (Å²) < 4.78 is 47.0. The van der Waals surface area contributed by atoms with Crippen LogP contribution in [0.3, 0.4) is 0 Å². The van der Waals surface area contributed by atoms with Crippen LogP contribution in [0.2, 0.25) is 0 Å². The molecule has 2 unspecified atom stereocenters. The molecule has 2 atom stereocenters. The zero-order valence-corrected chi connectivity index (χ0v) is 14.8. The number of para-hydroxylation sites is 1. The molecule has 1 aromatic carbocycles. The highest BCUT2D eigenvalue weighted by Gasteiger charge is 2.47. The highest BCUT2D eigenvalue weighted by Crippen LogP contribution is 2.43. The van der Waals surface area contributed by atoms with Crippen LogP contribution < -0.4 is 10.6 Å². The summed E-state index contributed by atoms with van der Waals surface area (Å²) in [4.78, 5) is 12.5. The average Bonchev–Trinajstić information content (AvgIpc) is 3.31. The van der Waals surface area contributed by atoms with Crippen LogP contribution in [0.25, 0.3) is 0 Å². The number of aromatic nitrogens is 2. The highest BCUT2D eigenvalue weighted by molar-refractivity contribution is 6.03. The van der Waals surface area contributed by atoms with Crippen LogP contribution in [-0.2, 0) is 0 Å². The van der Waals surface area contributed by atoms with Gasteiger partial charge in [0.25, 0.3) is 5.91 Å². The van der Waals surface area contributed by atoms with Crippen LogP contribution in [0.4, 0.5) is 24.7 Å². The quantitative estimate of drug-likeness (QED) is 0.680. The van der Waals surface area contributed by atoms with E-state index in [2.05, 4.69) is 15.7 Å². The molecular formula is C19H17F3N4O2. The highest BCUT2D eigenvalue weighted by atomic mass is 19.4. The summed E-state index contributed by atoms with van der Waals surface area (Å²) in [7, 11) is 0. The minimum Gasteiger partial charge on any atom is -0.467 e. The van der Waals surface area contributed by atoms with E-state index >= 15 is 0 Å². The number of carbonyl (C=O) groups excluding carboxylic acids is 1. The first-order valence-electron chi connectivity index (χ1n) is 8.66. The van der Waals surface area contributed by atoms with Gasteiger partial charge in [-0.1, -0.05) is 18.2 Å². The molecule has 0 saturated heterocycles. The van der Waals surface area contributed by atoms with E-state index in [1.54, 1.807) is 24.3 Å². The lowest BCUT2D eigenvalue weighted by Gasteiger charge is -2.32. The van der Waals surface area contributed by atoms with Crippen molar-refractivity contribution in [3.8, 4) is 0 Å². The molecule has 2 N–H and O–H groups in total. The SMILES string of the molecule is Cc1ccccc1NC(=O)c1cc2n(n1)C(C(F)(F)F)CC(c1ccco1)N2. The van der Waals surface area contributed by atoms with E-state index in [0.29, 0.717) is 11.4 Å². The molecular weight excluding hydrogens is 373 g/mol. The molecule has 0 aliphatic carbocycles. The van der Waals surface area contributed by atoms with Gasteiger partial charge in [0.2, 0.25) is 0 Å². The molecule has 0 fully saturated rings. The van der Waals surface area contributed by atoms with E-state index in [1.165, 1.54) is 12.3 Å². The summed E-state index contributed by atoms with van der Waals surface area (Å²) in [5.41, 5.74) is 1.32. The van der Waals surface area contributed by atoms with Crippen LogP contribution in [-0.4, -0.2) is 21.9 Å². The lowest BCUT2D eigenvalue weighted by Crippen LogP contribution is -2.35. The van der Waals surface area contributed by atoms with Crippen molar-refractivity contribution in [1.29, 1.82) is 0 Å². The lowest BCUT2D eigenvalue weighted by atomic mass is 10.0. The fourth-order valence-electron chi connectivity index (χ4n) is 3.26. The smallest absolute Gasteiger partial charge is 0.410 e. The van der Waals surface area contributed by atoms with Crippen molar-refractivity contribution in [3.63, 3.8) is 0 Å². The number of fused-ring (bicyclic) bond motifs is 1. The number of hydrogen-bond acceptors (Lipinski definition) is 4. The minimum atomic E-state index is -4.52. The Labute approximate surface area is 158 Å². The molecule has 28 heavy (non-hydrogen) atoms. The Morgan fingerprint density at radius 2 is 2.07 bits per heavy atom. The Hall–Kier alpha value is -3.23. The zero-order chi connectivity index (χ0) is 19.9. The molecule has 146 valence electrons. The molecule has 1 aliphatic rings. The molecule has 0 spiro atoms. The molecule has 0 saturated carbocycles. The van der Waals surface area contributed by atoms with Gasteiger partial charge in [-0.3, -0.25) is 4.79 Å². The zero-order valence-electron chi connectivity index (χ0n) is 14.8. The first-order chi connectivity index (χ1) is 13.3. The second kappa shape index (κ2) is 6.74. The number of amides is 1. The number of aryl methyl sites for hydroxylation is 1. The maximum absolute atomic E-state index is 13.6. The Bertz CT molecular complexity index is 995. The van der Waals surface area contributed by atoms with E-state index in [-0.39, 0.29) is 17.9 Å². The maximum Gasteiger partial charge on any atom is 0.410 e. The number of rotatable bonds is 3. The molecule has 0 radical (unpaired) electrons. The second-order valence-corrected chi connectivity index (χ2v) is 6.63. The van der Waals surface area contributed by atoms with Crippen molar-refractivity contribution in [2.75, 3.05) is 10.6 Å². The fourth-order valence-corrected chi connectivity index (χ4v) is 3.26. The third-order valence-electron chi connectivity index (χ3n) is 4.70. The van der Waals surface area contributed by atoms with Gasteiger partial charge in [-0.2, -0.15) is 18.3 Å². The Kier molecular flexibility index (Phi) is 4.37. The van der Waals surface area contributed by atoms with Crippen LogP contribution in [0, 0.1) is 6.92 Å². The molecule has 3 aromatic rings. The summed E-state index contributed by atoms with van der Waals surface area (Å²) in [5, 5.41) is 9.60. The van der Waals surface area contributed by atoms with Crippen LogP contribution in [0.1, 0.15) is 40.3 Å². The molecule has 0 bridgehead atoms. The molecule has 1 aliphatic heterocycles. The fraction of sp³-hybridized carbons (Fsp3) is 0.263. The van der Waals surface area contributed by atoms with E-state index in [4.69, 9.17) is 4.42 Å². The average molecular weight is 390 g/mol. The van der Waals surface area contributed by atoms with Gasteiger partial charge >= 0.3 is 6.18 Å². The monoisotopic (exact) mass is 390 g/mol. The van der Waals surface area contributed by atoms with Crippen molar-refractivity contribution in [2.45, 2.75) is 31.6 Å². The number of nitrogens with one attached hydrogen (secondary N) is 2. The third-order valence-corrected chi connectivity index (χ3v) is 4.70. The van der Waals surface area contributed by atoms with Crippen molar-refractivity contribution in [2.24, 2.45) is 0 Å². The minimum absolute atomic E-state index is 0.0971. The predicted molar refractivity (Wildman–Crippen MR) is 96.1 cm³/mol. The summed E-state index contributed by atoms with van der Waals surface area (Å²) in [6.07, 6.45) is -3.39. The van der Waals surface area contributed by atoms with E-state index < -0.39 is 24.2 Å². The van der Waals surface area contributed by atoms with Gasteiger partial charge in [-0.15, -0.1) is 0 Å². The predicted octanol–water partition coefficient (Wildman–Crippen LogP) is 4.70. The Balaban J connectivity index is 1.65. The normalized spacial score (nSPS) is 19.0. The second-order valence-electron chi connectivity index (χ2n) is 6.63. The van der Waals surface area contributed by atoms with Crippen LogP contribution >= 0.6 is 0 Å². The molecule has 1 amide bonds. The van der Waals surface area contributed by atoms with Crippen molar-refractivity contribution < 1.29 is 22.4 Å². The first-order valence-corrected chi connectivity index (χ1v) is 8.66. The number of alkyl halides is 3. The molecule has 3 heterocycles. The number of furan rings is 1. The number of nitrogens with zero attached hydrogens (tertiary/aromatic N) is 2. The van der Waals surface area contributed by atoms with Crippen LogP contribution in [0.5, 0.6) is 0 Å². The summed E-state index contributed by atoms with van der Waals surface area (Å²) in [6, 6.07) is 9.15. The van der Waals surface area contributed by atoms with Gasteiger partial charge in [0.1, 0.15) is 11.6 Å². The summed E-state index contributed by atoms with van der Waals surface area (Å²) >= 11 is 0. The number of carbonyl (C=O) groups is 1. The number of halogens is 3. The van der Waals surface area contributed by atoms with Crippen LogP contribution in [0.15, 0.2) is 53.1 Å². The molecule has 9 heteroatoms. The van der Waals surface area contributed by atoms with Gasteiger partial charge in [-0.05, 0) is 30.7 Å². The van der Waals surface area contributed by atoms with Crippen molar-refractivity contribution in [3.05, 3.63) is 65.7 Å². The third kappa shape index (κ3) is 3.35. The molecule has 4 rings (SSSR count). The lowest BCUT2D eigenvalue weighted by molar-refractivity contribution is -0.174. The number of anilines is 2. The number of benzene rings is 1. The van der Waals surface area contributed by atoms with E-state index in [9.17, 15) is 18.0 Å². The van der Waals surface area contributed by atoms with Gasteiger partial charge in [-0.25, -0.2) is 4.68 Å². The van der Waals surface area contributed by atoms with Gasteiger partial charge in [0.15, 0.2) is 11.7 Å². The van der Waals surface area contributed by atoms with Crippen molar-refractivity contribution in [1.82, 2.24) is 9.78 Å². The summed E-state index contributed by atoms with van der Waals surface area (Å²) in [5.74, 6) is -0.0639. The van der Waals surface area contributed by atoms with Crippen molar-refractivity contribution >= 4 is 17.4 Å². The van der Waals surface area contributed by atoms with Gasteiger partial charge < -0.3 is 15.1 Å². The van der Waals surface area contributed by atoms with Gasteiger partial charge in [0.05, 0.1) is 12.3 Å².